The van der Waals surface area contributed by atoms with Crippen molar-refractivity contribution in [2.24, 2.45) is 0 Å². The fourth-order valence-electron chi connectivity index (χ4n) is 3.48. The van der Waals surface area contributed by atoms with Crippen LogP contribution in [0.1, 0.15) is 5.69 Å². The number of ether oxygens (including phenoxy) is 7. The molecule has 0 unspecified atom stereocenters. The first kappa shape index (κ1) is 25.6. The lowest BCUT2D eigenvalue weighted by Gasteiger charge is -2.16. The van der Waals surface area contributed by atoms with E-state index in [1.165, 1.54) is 0 Å². The number of fused-ring (bicyclic) bond motifs is 1. The maximum atomic E-state index is 5.90. The minimum Gasteiger partial charge on any atom is -0.493 e. The van der Waals surface area contributed by atoms with Gasteiger partial charge in [0.25, 0.3) is 0 Å². The van der Waals surface area contributed by atoms with E-state index in [0.717, 1.165) is 27.7 Å². The summed E-state index contributed by atoms with van der Waals surface area (Å²) in [6, 6.07) is 11.7. The van der Waals surface area contributed by atoms with Crippen LogP contribution in [0.3, 0.4) is 0 Å². The Morgan fingerprint density at radius 2 is 1.21 bits per heavy atom. The summed E-state index contributed by atoms with van der Waals surface area (Å²) in [6.07, 6.45) is 0. The van der Waals surface area contributed by atoms with E-state index in [-0.39, 0.29) is 0 Å². The second-order valence-corrected chi connectivity index (χ2v) is 7.55. The highest BCUT2D eigenvalue weighted by Crippen LogP contribution is 2.38. The Balaban J connectivity index is 2.07. The Morgan fingerprint density at radius 3 is 1.76 bits per heavy atom. The highest BCUT2D eigenvalue weighted by molar-refractivity contribution is 5.97. The van der Waals surface area contributed by atoms with Gasteiger partial charge in [-0.1, -0.05) is 0 Å². The normalized spacial score (nSPS) is 11.0. The Bertz CT molecular complexity index is 1040. The fraction of sp³-hybridized carbons (Fsp3) is 0.423. The van der Waals surface area contributed by atoms with E-state index in [0.29, 0.717) is 62.6 Å². The number of hydrogen-bond acceptors (Lipinski definition) is 8. The van der Waals surface area contributed by atoms with E-state index in [2.05, 4.69) is 0 Å². The van der Waals surface area contributed by atoms with Gasteiger partial charge in [0.05, 0.1) is 32.6 Å². The SMILES string of the molecule is COCCOc1cc(OCCOC)cc(-c2nc(C)cc3cc(OCCOC)c(OC)cc23)c1. The third kappa shape index (κ3) is 6.72. The van der Waals surface area contributed by atoms with Crippen molar-refractivity contribution < 1.29 is 33.2 Å². The minimum absolute atomic E-state index is 0.426. The Labute approximate surface area is 200 Å². The molecule has 0 N–H and O–H groups in total. The first-order valence-electron chi connectivity index (χ1n) is 11.1. The average molecular weight is 472 g/mol. The molecule has 0 aliphatic heterocycles. The number of aromatic nitrogens is 1. The topological polar surface area (TPSA) is 77.5 Å². The van der Waals surface area contributed by atoms with Crippen LogP contribution in [-0.2, 0) is 14.2 Å². The summed E-state index contributed by atoms with van der Waals surface area (Å²) in [6.45, 7) is 4.71. The molecule has 0 saturated heterocycles. The smallest absolute Gasteiger partial charge is 0.161 e. The molecule has 8 nitrogen and oxygen atoms in total. The van der Waals surface area contributed by atoms with E-state index in [9.17, 15) is 0 Å². The van der Waals surface area contributed by atoms with Crippen LogP contribution in [-0.4, -0.2) is 73.1 Å². The van der Waals surface area contributed by atoms with Crippen molar-refractivity contribution in [2.75, 3.05) is 68.1 Å². The standard InChI is InChI=1S/C26H33NO7/c1-18-12-19-15-25(34-11-8-30-4)24(31-5)17-23(19)26(27-18)20-13-21(32-9-6-28-2)16-22(14-20)33-10-7-29-3/h12-17H,6-11H2,1-5H3. The quantitative estimate of drug-likeness (QED) is 0.322. The zero-order valence-corrected chi connectivity index (χ0v) is 20.5. The number of methoxy groups -OCH3 is 4. The molecule has 0 aliphatic rings. The molecule has 34 heavy (non-hydrogen) atoms. The third-order valence-corrected chi connectivity index (χ3v) is 5.05. The van der Waals surface area contributed by atoms with E-state index in [4.69, 9.17) is 38.1 Å². The summed E-state index contributed by atoms with van der Waals surface area (Å²) >= 11 is 0. The number of nitrogens with zero attached hydrogens (tertiary/aromatic N) is 1. The molecule has 1 heterocycles. The van der Waals surface area contributed by atoms with Crippen LogP contribution in [0.4, 0.5) is 0 Å². The predicted octanol–water partition coefficient (Wildman–Crippen LogP) is 4.29. The molecule has 0 bridgehead atoms. The van der Waals surface area contributed by atoms with Gasteiger partial charge in [-0.25, -0.2) is 0 Å². The third-order valence-electron chi connectivity index (χ3n) is 5.05. The van der Waals surface area contributed by atoms with Crippen LogP contribution in [0.2, 0.25) is 0 Å². The summed E-state index contributed by atoms with van der Waals surface area (Å²) < 4.78 is 38.6. The van der Waals surface area contributed by atoms with Gasteiger partial charge in [0.1, 0.15) is 31.3 Å². The fourth-order valence-corrected chi connectivity index (χ4v) is 3.48. The molecule has 0 amide bonds. The van der Waals surface area contributed by atoms with Crippen LogP contribution in [0.5, 0.6) is 23.0 Å². The van der Waals surface area contributed by atoms with Crippen molar-refractivity contribution in [3.63, 3.8) is 0 Å². The molecule has 0 atom stereocenters. The lowest BCUT2D eigenvalue weighted by Crippen LogP contribution is -2.07. The number of pyridine rings is 1. The lowest BCUT2D eigenvalue weighted by molar-refractivity contribution is 0.142. The van der Waals surface area contributed by atoms with Gasteiger partial charge in [0.2, 0.25) is 0 Å². The molecule has 3 rings (SSSR count). The second kappa shape index (κ2) is 13.0. The first-order chi connectivity index (χ1) is 16.6. The maximum Gasteiger partial charge on any atom is 0.161 e. The van der Waals surface area contributed by atoms with Gasteiger partial charge < -0.3 is 33.2 Å². The Hall–Kier alpha value is -3.07. The molecule has 0 spiro atoms. The molecule has 0 fully saturated rings. The highest BCUT2D eigenvalue weighted by atomic mass is 16.5. The van der Waals surface area contributed by atoms with Crippen LogP contribution in [0.15, 0.2) is 36.4 Å². The van der Waals surface area contributed by atoms with Crippen molar-refractivity contribution in [2.45, 2.75) is 6.92 Å². The molecule has 0 aliphatic carbocycles. The summed E-state index contributed by atoms with van der Waals surface area (Å²) in [4.78, 5) is 4.85. The van der Waals surface area contributed by atoms with Crippen LogP contribution in [0.25, 0.3) is 22.0 Å². The van der Waals surface area contributed by atoms with Crippen molar-refractivity contribution in [1.29, 1.82) is 0 Å². The second-order valence-electron chi connectivity index (χ2n) is 7.55. The van der Waals surface area contributed by atoms with Crippen LogP contribution in [0, 0.1) is 6.92 Å². The molecular weight excluding hydrogens is 438 g/mol. The number of aryl methyl sites for hydroxylation is 1. The monoisotopic (exact) mass is 471 g/mol. The summed E-state index contributed by atoms with van der Waals surface area (Å²) in [5.74, 6) is 2.62. The van der Waals surface area contributed by atoms with Gasteiger partial charge in [-0.15, -0.1) is 0 Å². The number of hydrogen-bond donors (Lipinski definition) is 0. The molecular formula is C26H33NO7. The lowest BCUT2D eigenvalue weighted by atomic mass is 10.0. The molecule has 0 radical (unpaired) electrons. The first-order valence-corrected chi connectivity index (χ1v) is 11.1. The van der Waals surface area contributed by atoms with Crippen molar-refractivity contribution in [3.8, 4) is 34.3 Å². The largest absolute Gasteiger partial charge is 0.493 e. The molecule has 2 aromatic carbocycles. The average Bonchev–Trinajstić information content (AvgIpc) is 2.83. The van der Waals surface area contributed by atoms with Gasteiger partial charge in [-0.05, 0) is 42.6 Å². The summed E-state index contributed by atoms with van der Waals surface area (Å²) in [5.41, 5.74) is 2.54. The van der Waals surface area contributed by atoms with E-state index in [1.54, 1.807) is 28.4 Å². The number of benzene rings is 2. The zero-order valence-electron chi connectivity index (χ0n) is 20.5. The zero-order chi connectivity index (χ0) is 24.3. The molecule has 3 aromatic rings. The van der Waals surface area contributed by atoms with Gasteiger partial charge in [-0.2, -0.15) is 0 Å². The van der Waals surface area contributed by atoms with E-state index >= 15 is 0 Å². The summed E-state index contributed by atoms with van der Waals surface area (Å²) in [7, 11) is 6.55. The van der Waals surface area contributed by atoms with Gasteiger partial charge in [0, 0.05) is 44.0 Å². The highest BCUT2D eigenvalue weighted by Gasteiger charge is 2.15. The van der Waals surface area contributed by atoms with Crippen molar-refractivity contribution in [3.05, 3.63) is 42.1 Å². The van der Waals surface area contributed by atoms with Crippen molar-refractivity contribution >= 4 is 10.8 Å². The van der Waals surface area contributed by atoms with Gasteiger partial charge in [-0.3, -0.25) is 4.98 Å². The summed E-state index contributed by atoms with van der Waals surface area (Å²) in [5, 5.41) is 1.92. The van der Waals surface area contributed by atoms with Gasteiger partial charge in [0.15, 0.2) is 11.5 Å². The molecule has 1 aromatic heterocycles. The molecule has 184 valence electrons. The van der Waals surface area contributed by atoms with E-state index < -0.39 is 0 Å². The van der Waals surface area contributed by atoms with Crippen molar-refractivity contribution in [1.82, 2.24) is 4.98 Å². The number of rotatable bonds is 14. The minimum atomic E-state index is 0.426. The van der Waals surface area contributed by atoms with Crippen LogP contribution >= 0.6 is 0 Å². The van der Waals surface area contributed by atoms with E-state index in [1.807, 2.05) is 43.3 Å². The Morgan fingerprint density at radius 1 is 0.618 bits per heavy atom. The molecule has 8 heteroatoms. The Kier molecular flexibility index (Phi) is 9.75. The maximum absolute atomic E-state index is 5.90. The van der Waals surface area contributed by atoms with Gasteiger partial charge >= 0.3 is 0 Å². The van der Waals surface area contributed by atoms with Crippen LogP contribution < -0.4 is 18.9 Å². The molecule has 0 saturated carbocycles. The predicted molar refractivity (Wildman–Crippen MR) is 131 cm³/mol.